The average molecular weight is 753 g/mol. The van der Waals surface area contributed by atoms with Crippen molar-refractivity contribution in [2.45, 2.75) is 45.3 Å². The number of nitrogens with one attached hydrogen (secondary N) is 2. The van der Waals surface area contributed by atoms with E-state index in [0.717, 1.165) is 109 Å². The molecule has 12 heteroatoms. The van der Waals surface area contributed by atoms with Crippen LogP contribution in [0.4, 0.5) is 0 Å². The lowest BCUT2D eigenvalue weighted by Gasteiger charge is -2.47. The topological polar surface area (TPSA) is 105 Å². The van der Waals surface area contributed by atoms with E-state index in [1.807, 2.05) is 54.4 Å². The molecule has 274 valence electrons. The third-order valence-corrected chi connectivity index (χ3v) is 11.9. The lowest BCUT2D eigenvalue weighted by Crippen LogP contribution is -2.56. The molecule has 3 saturated heterocycles. The van der Waals surface area contributed by atoms with Gasteiger partial charge in [-0.3, -0.25) is 19.5 Å². The van der Waals surface area contributed by atoms with Gasteiger partial charge in [0.1, 0.15) is 11.4 Å². The second-order valence-electron chi connectivity index (χ2n) is 14.8. The molecular formula is C41H43Cl2N7O3. The molecule has 10 nitrogen and oxygen atoms in total. The highest BCUT2D eigenvalue weighted by Crippen LogP contribution is 2.43. The first-order valence-electron chi connectivity index (χ1n) is 18.2. The SMILES string of the molecule is COc1cc(-c2nccc(-c3cccc(-c4ccc5c(CNC6CCN(C(C)=O)CC6)cn(C)c5n4)c3Cl)c2Cl)ccc1CN1CC2(CNC(=O)C2)C1. The van der Waals surface area contributed by atoms with E-state index in [9.17, 15) is 9.59 Å². The summed E-state index contributed by atoms with van der Waals surface area (Å²) < 4.78 is 7.90. The van der Waals surface area contributed by atoms with Crippen molar-refractivity contribution in [3.63, 3.8) is 0 Å². The monoisotopic (exact) mass is 751 g/mol. The highest BCUT2D eigenvalue weighted by atomic mass is 35.5. The van der Waals surface area contributed by atoms with E-state index in [1.54, 1.807) is 20.2 Å². The lowest BCUT2D eigenvalue weighted by molar-refractivity contribution is -0.130. The number of methoxy groups -OCH3 is 1. The summed E-state index contributed by atoms with van der Waals surface area (Å²) >= 11 is 14.3. The van der Waals surface area contributed by atoms with Gasteiger partial charge in [-0.2, -0.15) is 0 Å². The average Bonchev–Trinajstić information content (AvgIpc) is 3.70. The van der Waals surface area contributed by atoms with E-state index >= 15 is 0 Å². The number of halogens is 2. The first-order valence-corrected chi connectivity index (χ1v) is 18.9. The summed E-state index contributed by atoms with van der Waals surface area (Å²) in [6.45, 7) is 7.25. The van der Waals surface area contributed by atoms with Crippen LogP contribution in [-0.4, -0.2) is 82.0 Å². The Kier molecular flexibility index (Phi) is 9.65. The number of aromatic nitrogens is 3. The summed E-state index contributed by atoms with van der Waals surface area (Å²) in [4.78, 5) is 37.5. The summed E-state index contributed by atoms with van der Waals surface area (Å²) in [5.41, 5.74) is 7.86. The first-order chi connectivity index (χ1) is 25.6. The normalized spacial score (nSPS) is 17.4. The second-order valence-corrected chi connectivity index (χ2v) is 15.6. The molecule has 0 atom stereocenters. The van der Waals surface area contributed by atoms with Crippen LogP contribution in [0.1, 0.15) is 37.3 Å². The van der Waals surface area contributed by atoms with E-state index in [1.165, 1.54) is 5.56 Å². The van der Waals surface area contributed by atoms with Gasteiger partial charge in [0.15, 0.2) is 0 Å². The molecule has 3 aromatic heterocycles. The minimum atomic E-state index is 0.0729. The van der Waals surface area contributed by atoms with Gasteiger partial charge >= 0.3 is 0 Å². The number of amides is 2. The molecule has 3 aliphatic heterocycles. The van der Waals surface area contributed by atoms with Crippen LogP contribution in [0.15, 0.2) is 67.0 Å². The third kappa shape index (κ3) is 6.89. The number of ether oxygens (including phenoxy) is 1. The molecule has 0 radical (unpaired) electrons. The molecule has 2 amide bonds. The Hall–Kier alpha value is -4.48. The van der Waals surface area contributed by atoms with Crippen molar-refractivity contribution in [3.8, 4) is 39.4 Å². The van der Waals surface area contributed by atoms with Crippen molar-refractivity contribution >= 4 is 46.0 Å². The molecule has 53 heavy (non-hydrogen) atoms. The van der Waals surface area contributed by atoms with E-state index in [4.69, 9.17) is 32.9 Å². The van der Waals surface area contributed by atoms with Gasteiger partial charge in [0, 0.05) is 123 Å². The fourth-order valence-electron chi connectivity index (χ4n) is 8.32. The van der Waals surface area contributed by atoms with Crippen LogP contribution in [0.3, 0.4) is 0 Å². The molecule has 6 heterocycles. The minimum Gasteiger partial charge on any atom is -0.496 e. The number of carbonyl (C=O) groups is 2. The van der Waals surface area contributed by atoms with Crippen LogP contribution < -0.4 is 15.4 Å². The molecule has 2 aromatic carbocycles. The van der Waals surface area contributed by atoms with Crippen molar-refractivity contribution in [2.24, 2.45) is 12.5 Å². The van der Waals surface area contributed by atoms with Gasteiger partial charge < -0.3 is 24.8 Å². The number of hydrogen-bond donors (Lipinski definition) is 2. The maximum Gasteiger partial charge on any atom is 0.220 e. The van der Waals surface area contributed by atoms with Crippen molar-refractivity contribution in [1.82, 2.24) is 35.0 Å². The molecule has 1 spiro atoms. The molecule has 0 unspecified atom stereocenters. The van der Waals surface area contributed by atoms with E-state index in [0.29, 0.717) is 28.2 Å². The number of fused-ring (bicyclic) bond motifs is 1. The molecular weight excluding hydrogens is 709 g/mol. The number of carbonyl (C=O) groups excluding carboxylic acids is 2. The smallest absolute Gasteiger partial charge is 0.220 e. The van der Waals surface area contributed by atoms with E-state index in [-0.39, 0.29) is 17.2 Å². The predicted octanol–water partition coefficient (Wildman–Crippen LogP) is 6.71. The zero-order valence-electron chi connectivity index (χ0n) is 30.2. The number of piperidine rings is 1. The quantitative estimate of drug-likeness (QED) is 0.173. The number of nitrogens with zero attached hydrogens (tertiary/aromatic N) is 5. The Morgan fingerprint density at radius 1 is 1.02 bits per heavy atom. The van der Waals surface area contributed by atoms with Gasteiger partial charge in [-0.1, -0.05) is 53.5 Å². The van der Waals surface area contributed by atoms with Crippen LogP contribution in [0.2, 0.25) is 10.0 Å². The van der Waals surface area contributed by atoms with Crippen LogP contribution in [0.5, 0.6) is 5.75 Å². The number of benzene rings is 2. The lowest BCUT2D eigenvalue weighted by atomic mass is 9.79. The molecule has 0 bridgehead atoms. The molecule has 5 aromatic rings. The molecule has 2 N–H and O–H groups in total. The van der Waals surface area contributed by atoms with Gasteiger partial charge in [-0.25, -0.2) is 4.98 Å². The zero-order valence-corrected chi connectivity index (χ0v) is 31.7. The Morgan fingerprint density at radius 3 is 2.53 bits per heavy atom. The standard InChI is InChI=1S/C41H43Cl2N7O3/c1-25(51)50-15-12-29(13-16-50)45-19-28-20-48(2)40-30(28)9-10-34(47-40)33-6-4-5-31(37(33)42)32-11-14-44-39(38(32)43)26-7-8-27(35(17-26)53-3)21-49-23-41(24-49)18-36(52)46-22-41/h4-11,14,17,20,29,45H,12-13,15-16,18-19,21-24H2,1-3H3,(H,46,52). The summed E-state index contributed by atoms with van der Waals surface area (Å²) in [5, 5.41) is 8.83. The number of aryl methyl sites for hydroxylation is 1. The molecule has 3 aliphatic rings. The van der Waals surface area contributed by atoms with Crippen molar-refractivity contribution < 1.29 is 14.3 Å². The first kappa shape index (κ1) is 35.5. The summed E-state index contributed by atoms with van der Waals surface area (Å²) in [7, 11) is 3.70. The minimum absolute atomic E-state index is 0.0729. The summed E-state index contributed by atoms with van der Waals surface area (Å²) in [5.74, 6) is 1.06. The molecule has 0 saturated carbocycles. The molecule has 0 aliphatic carbocycles. The number of hydrogen-bond acceptors (Lipinski definition) is 7. The van der Waals surface area contributed by atoms with Gasteiger partial charge in [-0.05, 0) is 42.7 Å². The predicted molar refractivity (Wildman–Crippen MR) is 209 cm³/mol. The van der Waals surface area contributed by atoms with Gasteiger partial charge in [0.05, 0.1) is 28.5 Å². The van der Waals surface area contributed by atoms with E-state index < -0.39 is 0 Å². The Morgan fingerprint density at radius 2 is 1.79 bits per heavy atom. The van der Waals surface area contributed by atoms with Gasteiger partial charge in [-0.15, -0.1) is 0 Å². The van der Waals surface area contributed by atoms with E-state index in [2.05, 4.69) is 43.4 Å². The largest absolute Gasteiger partial charge is 0.496 e. The molecule has 3 fully saturated rings. The van der Waals surface area contributed by atoms with Crippen LogP contribution in [0, 0.1) is 5.41 Å². The Balaban J connectivity index is 1.01. The number of likely N-dealkylation sites (tertiary alicyclic amines) is 2. The van der Waals surface area contributed by atoms with Crippen molar-refractivity contribution in [3.05, 3.63) is 88.2 Å². The zero-order chi connectivity index (χ0) is 36.9. The molecule has 8 rings (SSSR count). The van der Waals surface area contributed by atoms with Gasteiger partial charge in [0.25, 0.3) is 0 Å². The van der Waals surface area contributed by atoms with Crippen LogP contribution in [-0.2, 0) is 29.7 Å². The Bertz CT molecular complexity index is 2220. The fraction of sp³-hybridized carbons (Fsp3) is 0.366. The highest BCUT2D eigenvalue weighted by molar-refractivity contribution is 6.39. The fourth-order valence-corrected chi connectivity index (χ4v) is 8.97. The van der Waals surface area contributed by atoms with Crippen LogP contribution >= 0.6 is 23.2 Å². The maximum atomic E-state index is 11.8. The van der Waals surface area contributed by atoms with Crippen molar-refractivity contribution in [1.29, 1.82) is 0 Å². The van der Waals surface area contributed by atoms with Crippen molar-refractivity contribution in [2.75, 3.05) is 39.8 Å². The highest BCUT2D eigenvalue weighted by Gasteiger charge is 2.47. The second kappa shape index (κ2) is 14.4. The maximum absolute atomic E-state index is 11.8. The van der Waals surface area contributed by atoms with Crippen LogP contribution in [0.25, 0.3) is 44.7 Å². The van der Waals surface area contributed by atoms with Gasteiger partial charge in [0.2, 0.25) is 11.8 Å². The summed E-state index contributed by atoms with van der Waals surface area (Å²) in [6, 6.07) is 18.4. The summed E-state index contributed by atoms with van der Waals surface area (Å²) in [6.07, 6.45) is 6.40. The number of rotatable bonds is 9. The number of pyridine rings is 2. The Labute approximate surface area is 319 Å². The third-order valence-electron chi connectivity index (χ3n) is 11.1.